The molecule has 2 saturated carbocycles. The molecule has 8 atom stereocenters. The molecule has 8 rings (SSSR count). The zero-order valence-corrected chi connectivity index (χ0v) is 15.0. The number of esters is 1. The molecule has 2 unspecified atom stereocenters. The van der Waals surface area contributed by atoms with E-state index in [2.05, 4.69) is 20.8 Å². The molecule has 0 radical (unpaired) electrons. The van der Waals surface area contributed by atoms with Gasteiger partial charge in [0.25, 0.3) is 0 Å². The lowest BCUT2D eigenvalue weighted by atomic mass is 9.42. The van der Waals surface area contributed by atoms with Gasteiger partial charge < -0.3 is 18.9 Å². The van der Waals surface area contributed by atoms with Crippen LogP contribution >= 0.6 is 0 Å². The molecular weight excluding hydrogens is 320 g/mol. The molecule has 5 heteroatoms. The summed E-state index contributed by atoms with van der Waals surface area (Å²) in [5.41, 5.74) is 1.73. The van der Waals surface area contributed by atoms with Crippen LogP contribution in [-0.4, -0.2) is 47.7 Å². The number of cyclic esters (lactones) is 1. The van der Waals surface area contributed by atoms with Gasteiger partial charge in [0.2, 0.25) is 0 Å². The van der Waals surface area contributed by atoms with E-state index in [9.17, 15) is 4.79 Å². The van der Waals surface area contributed by atoms with Crippen LogP contribution in [0.3, 0.4) is 0 Å². The number of fused-ring (bicyclic) bond motifs is 2. The van der Waals surface area contributed by atoms with E-state index in [4.69, 9.17) is 18.9 Å². The summed E-state index contributed by atoms with van der Waals surface area (Å²) in [6.45, 7) is 7.36. The highest BCUT2D eigenvalue weighted by Gasteiger charge is 2.94. The van der Waals surface area contributed by atoms with Crippen molar-refractivity contribution in [2.45, 2.75) is 81.6 Å². The number of ether oxygens (including phenoxy) is 4. The predicted molar refractivity (Wildman–Crippen MR) is 85.7 cm³/mol. The van der Waals surface area contributed by atoms with Crippen LogP contribution in [0.5, 0.6) is 0 Å². The molecule has 134 valence electrons. The Balaban J connectivity index is 1.37. The fraction of sp³-hybridized carbons (Fsp3) is 0.850. The second-order valence-corrected chi connectivity index (χ2v) is 9.93. The maximum atomic E-state index is 12.1. The molecule has 0 aromatic heterocycles. The smallest absolute Gasteiger partial charge is 0.334 e. The van der Waals surface area contributed by atoms with E-state index in [0.29, 0.717) is 12.5 Å². The summed E-state index contributed by atoms with van der Waals surface area (Å²) in [4.78, 5) is 12.1. The normalized spacial score (nSPS) is 62.2. The number of rotatable bonds is 1. The number of epoxide rings is 2. The summed E-state index contributed by atoms with van der Waals surface area (Å²) >= 11 is 0. The summed E-state index contributed by atoms with van der Waals surface area (Å²) in [6, 6.07) is 0. The zero-order chi connectivity index (χ0) is 17.0. The summed E-state index contributed by atoms with van der Waals surface area (Å²) in [7, 11) is 0. The number of carbonyl (C=O) groups is 1. The average Bonchev–Trinajstić information content (AvgIpc) is 3.39. The van der Waals surface area contributed by atoms with Gasteiger partial charge in [-0.25, -0.2) is 4.79 Å². The quantitative estimate of drug-likeness (QED) is 0.539. The lowest BCUT2D eigenvalue weighted by Crippen LogP contribution is -2.79. The molecule has 2 spiro atoms. The summed E-state index contributed by atoms with van der Waals surface area (Å²) in [6.07, 6.45) is 4.43. The minimum atomic E-state index is -0.219. The van der Waals surface area contributed by atoms with Gasteiger partial charge >= 0.3 is 5.97 Å². The maximum Gasteiger partial charge on any atom is 0.334 e. The van der Waals surface area contributed by atoms with Gasteiger partial charge in [-0.15, -0.1) is 0 Å². The van der Waals surface area contributed by atoms with Crippen molar-refractivity contribution in [3.05, 3.63) is 11.1 Å². The highest BCUT2D eigenvalue weighted by Crippen LogP contribution is 2.82. The molecule has 3 aliphatic carbocycles. The van der Waals surface area contributed by atoms with Crippen LogP contribution in [0.15, 0.2) is 11.1 Å². The number of carbonyl (C=O) groups excluding carboxylic acids is 1. The first-order chi connectivity index (χ1) is 11.9. The van der Waals surface area contributed by atoms with Crippen LogP contribution in [-0.2, 0) is 23.7 Å². The lowest BCUT2D eigenvalue weighted by Gasteiger charge is -2.69. The Hall–Kier alpha value is -0.910. The molecule has 0 N–H and O–H groups in total. The Labute approximate surface area is 147 Å². The van der Waals surface area contributed by atoms with E-state index in [1.165, 1.54) is 5.57 Å². The SMILES string of the molecule is CC(C)[C@@]12C[C@@]34CC(O3)C3C5=C(CC[C@]3(C)[C@@]43O[C@H]3[C@@H]1O2)C(=O)OC5. The first-order valence-electron chi connectivity index (χ1n) is 9.81. The lowest BCUT2D eigenvalue weighted by molar-refractivity contribution is -0.338. The van der Waals surface area contributed by atoms with Crippen LogP contribution in [0.2, 0.25) is 0 Å². The summed E-state index contributed by atoms with van der Waals surface area (Å²) in [5.74, 6) is 0.649. The Kier molecular flexibility index (Phi) is 2.03. The molecule has 0 aromatic rings. The number of hydrogen-bond acceptors (Lipinski definition) is 5. The molecule has 4 saturated heterocycles. The van der Waals surface area contributed by atoms with E-state index < -0.39 is 0 Å². The van der Waals surface area contributed by atoms with Crippen LogP contribution in [0.25, 0.3) is 0 Å². The van der Waals surface area contributed by atoms with Crippen molar-refractivity contribution < 1.29 is 23.7 Å². The zero-order valence-electron chi connectivity index (χ0n) is 15.0. The van der Waals surface area contributed by atoms with Crippen molar-refractivity contribution in [1.82, 2.24) is 0 Å². The summed E-state index contributed by atoms with van der Waals surface area (Å²) < 4.78 is 24.9. The monoisotopic (exact) mass is 344 g/mol. The first-order valence-corrected chi connectivity index (χ1v) is 9.81. The molecule has 0 amide bonds. The van der Waals surface area contributed by atoms with Gasteiger partial charge in [-0.05, 0) is 24.3 Å². The standard InChI is InChI=1S/C20H24O5/c1-9(2)19-8-18-6-12(23-18)13-11-7-22-16(21)10(11)4-5-17(13,3)20(18)15(25-20)14(19)24-19/h9,12-15H,4-8H2,1-3H3/t12?,13?,14-,15-,17-,18+,19-,20+/m0/s1. The van der Waals surface area contributed by atoms with Crippen molar-refractivity contribution in [3.63, 3.8) is 0 Å². The fourth-order valence-electron chi connectivity index (χ4n) is 7.81. The highest BCUT2D eigenvalue weighted by atomic mass is 16.7. The van der Waals surface area contributed by atoms with Crippen molar-refractivity contribution in [2.75, 3.05) is 6.61 Å². The molecule has 0 aromatic carbocycles. The third-order valence-electron chi connectivity index (χ3n) is 9.00. The van der Waals surface area contributed by atoms with Crippen LogP contribution in [0, 0.1) is 17.3 Å². The van der Waals surface area contributed by atoms with Crippen molar-refractivity contribution in [3.8, 4) is 0 Å². The van der Waals surface area contributed by atoms with E-state index >= 15 is 0 Å². The molecule has 25 heavy (non-hydrogen) atoms. The minimum absolute atomic E-state index is 0.0285. The van der Waals surface area contributed by atoms with Gasteiger partial charge in [-0.3, -0.25) is 0 Å². The van der Waals surface area contributed by atoms with Gasteiger partial charge in [-0.2, -0.15) is 0 Å². The first kappa shape index (κ1) is 14.2. The van der Waals surface area contributed by atoms with E-state index in [1.54, 1.807) is 0 Å². The molecule has 5 aliphatic heterocycles. The molecular formula is C20H24O5. The van der Waals surface area contributed by atoms with E-state index in [0.717, 1.165) is 31.3 Å². The Morgan fingerprint density at radius 1 is 1.16 bits per heavy atom. The van der Waals surface area contributed by atoms with Gasteiger partial charge in [0.05, 0.1) is 6.10 Å². The van der Waals surface area contributed by atoms with Gasteiger partial charge in [0, 0.05) is 29.7 Å². The summed E-state index contributed by atoms with van der Waals surface area (Å²) in [5, 5.41) is 0. The van der Waals surface area contributed by atoms with E-state index in [1.807, 2.05) is 0 Å². The van der Waals surface area contributed by atoms with Gasteiger partial charge in [0.15, 0.2) is 0 Å². The average molecular weight is 344 g/mol. The predicted octanol–water partition coefficient (Wildman–Crippen LogP) is 2.13. The Morgan fingerprint density at radius 2 is 1.96 bits per heavy atom. The largest absolute Gasteiger partial charge is 0.458 e. The third kappa shape index (κ3) is 1.16. The molecule has 5 heterocycles. The van der Waals surface area contributed by atoms with Crippen molar-refractivity contribution in [2.24, 2.45) is 17.3 Å². The van der Waals surface area contributed by atoms with Gasteiger partial charge in [0.1, 0.15) is 35.6 Å². The van der Waals surface area contributed by atoms with Crippen molar-refractivity contribution >= 4 is 5.97 Å². The van der Waals surface area contributed by atoms with Crippen LogP contribution < -0.4 is 0 Å². The van der Waals surface area contributed by atoms with E-state index in [-0.39, 0.29) is 52.4 Å². The Morgan fingerprint density at radius 3 is 2.72 bits per heavy atom. The minimum Gasteiger partial charge on any atom is -0.458 e. The molecule has 2 bridgehead atoms. The fourth-order valence-corrected chi connectivity index (χ4v) is 7.81. The van der Waals surface area contributed by atoms with Gasteiger partial charge in [-0.1, -0.05) is 20.8 Å². The second-order valence-electron chi connectivity index (χ2n) is 9.93. The number of hydrogen-bond donors (Lipinski definition) is 0. The maximum absolute atomic E-state index is 12.1. The topological polar surface area (TPSA) is 60.6 Å². The highest BCUT2D eigenvalue weighted by molar-refractivity contribution is 5.92. The van der Waals surface area contributed by atoms with Crippen LogP contribution in [0.1, 0.15) is 46.5 Å². The van der Waals surface area contributed by atoms with Crippen LogP contribution in [0.4, 0.5) is 0 Å². The second kappa shape index (κ2) is 3.58. The molecule has 8 aliphatic rings. The molecule has 6 fully saturated rings. The molecule has 5 nitrogen and oxygen atoms in total. The Bertz CT molecular complexity index is 779. The third-order valence-corrected chi connectivity index (χ3v) is 9.00. The van der Waals surface area contributed by atoms with Crippen molar-refractivity contribution in [1.29, 1.82) is 0 Å².